The van der Waals surface area contributed by atoms with E-state index >= 15 is 0 Å². The van der Waals surface area contributed by atoms with Crippen molar-refractivity contribution in [1.29, 1.82) is 0 Å². The minimum Gasteiger partial charge on any atom is -0.492 e. The number of benzene rings is 4. The normalized spacial score (nSPS) is 11.1. The van der Waals surface area contributed by atoms with Crippen LogP contribution in [0, 0.1) is 6.92 Å². The zero-order valence-electron chi connectivity index (χ0n) is 22.5. The third kappa shape index (κ3) is 6.85. The summed E-state index contributed by atoms with van der Waals surface area (Å²) in [6, 6.07) is 34.8. The number of hydrogen-bond donors (Lipinski definition) is 0. The van der Waals surface area contributed by atoms with Gasteiger partial charge in [-0.05, 0) is 54.3 Å². The standard InChI is InChI=1S/C35H33NO3/c1-3-4-13-30-20-21-32(38-25-27-11-7-5-8-12-27)24-34(30)37-23-22-33-26(2)39-35(36-33)31-18-16-29(17-19-31)28-14-9-6-10-15-28/h4-21,24H,3,22-23,25H2,1-2H3/b13-4+. The highest BCUT2D eigenvalue weighted by Gasteiger charge is 2.13. The highest BCUT2D eigenvalue weighted by atomic mass is 16.5. The van der Waals surface area contributed by atoms with Gasteiger partial charge in [-0.1, -0.05) is 91.9 Å². The maximum atomic E-state index is 6.25. The molecule has 5 aromatic rings. The summed E-state index contributed by atoms with van der Waals surface area (Å²) in [5, 5.41) is 0. The second-order valence-corrected chi connectivity index (χ2v) is 9.35. The molecule has 196 valence electrons. The fourth-order valence-corrected chi connectivity index (χ4v) is 4.33. The van der Waals surface area contributed by atoms with E-state index in [1.54, 1.807) is 0 Å². The summed E-state index contributed by atoms with van der Waals surface area (Å²) < 4.78 is 18.3. The van der Waals surface area contributed by atoms with Crippen molar-refractivity contribution in [3.63, 3.8) is 0 Å². The van der Waals surface area contributed by atoms with E-state index in [0.717, 1.165) is 46.1 Å². The van der Waals surface area contributed by atoms with Crippen molar-refractivity contribution in [2.24, 2.45) is 0 Å². The third-order valence-electron chi connectivity index (χ3n) is 6.49. The Morgan fingerprint density at radius 2 is 1.46 bits per heavy atom. The Labute approximate surface area is 230 Å². The minimum absolute atomic E-state index is 0.481. The number of aryl methyl sites for hydroxylation is 1. The van der Waals surface area contributed by atoms with E-state index in [9.17, 15) is 0 Å². The van der Waals surface area contributed by atoms with Crippen molar-refractivity contribution >= 4 is 6.08 Å². The lowest BCUT2D eigenvalue weighted by atomic mass is 10.0. The molecule has 5 rings (SSSR count). The Hall–Kier alpha value is -4.57. The van der Waals surface area contributed by atoms with E-state index in [1.807, 2.05) is 61.5 Å². The average molecular weight is 516 g/mol. The number of aromatic nitrogens is 1. The number of nitrogens with zero attached hydrogens (tertiary/aromatic N) is 1. The molecule has 4 aromatic carbocycles. The molecule has 0 amide bonds. The zero-order chi connectivity index (χ0) is 26.9. The molecule has 0 atom stereocenters. The second-order valence-electron chi connectivity index (χ2n) is 9.35. The lowest BCUT2D eigenvalue weighted by Crippen LogP contribution is -2.04. The molecular weight excluding hydrogens is 482 g/mol. The number of hydrogen-bond acceptors (Lipinski definition) is 4. The van der Waals surface area contributed by atoms with E-state index in [4.69, 9.17) is 18.9 Å². The predicted octanol–water partition coefficient (Wildman–Crippen LogP) is 8.94. The van der Waals surface area contributed by atoms with Crippen molar-refractivity contribution < 1.29 is 13.9 Å². The summed E-state index contributed by atoms with van der Waals surface area (Å²) in [4.78, 5) is 4.78. The van der Waals surface area contributed by atoms with Crippen molar-refractivity contribution in [2.45, 2.75) is 33.3 Å². The van der Waals surface area contributed by atoms with Gasteiger partial charge in [0, 0.05) is 23.6 Å². The highest BCUT2D eigenvalue weighted by molar-refractivity contribution is 5.67. The van der Waals surface area contributed by atoms with E-state index < -0.39 is 0 Å². The number of ether oxygens (including phenoxy) is 2. The molecule has 0 fully saturated rings. The zero-order valence-corrected chi connectivity index (χ0v) is 22.5. The van der Waals surface area contributed by atoms with Crippen molar-refractivity contribution in [3.8, 4) is 34.1 Å². The number of rotatable bonds is 11. The van der Waals surface area contributed by atoms with Crippen molar-refractivity contribution in [1.82, 2.24) is 4.98 Å². The first kappa shape index (κ1) is 26.1. The van der Waals surface area contributed by atoms with E-state index in [0.29, 0.717) is 25.5 Å². The fourth-order valence-electron chi connectivity index (χ4n) is 4.33. The second kappa shape index (κ2) is 12.8. The largest absolute Gasteiger partial charge is 0.492 e. The molecule has 0 N–H and O–H groups in total. The Morgan fingerprint density at radius 1 is 0.769 bits per heavy atom. The first-order valence-corrected chi connectivity index (χ1v) is 13.4. The molecule has 4 heteroatoms. The molecular formula is C35H33NO3. The summed E-state index contributed by atoms with van der Waals surface area (Å²) in [7, 11) is 0. The van der Waals surface area contributed by atoms with E-state index in [1.165, 1.54) is 11.1 Å². The van der Waals surface area contributed by atoms with Gasteiger partial charge in [-0.3, -0.25) is 0 Å². The number of allylic oxidation sites excluding steroid dienone is 1. The monoisotopic (exact) mass is 515 g/mol. The summed E-state index contributed by atoms with van der Waals surface area (Å²) in [6.45, 7) is 5.07. The van der Waals surface area contributed by atoms with Crippen LogP contribution >= 0.6 is 0 Å². The van der Waals surface area contributed by atoms with Crippen LogP contribution < -0.4 is 9.47 Å². The van der Waals surface area contributed by atoms with Gasteiger partial charge in [-0.15, -0.1) is 0 Å². The Kier molecular flexibility index (Phi) is 8.54. The van der Waals surface area contributed by atoms with Crippen molar-refractivity contribution in [2.75, 3.05) is 6.61 Å². The van der Waals surface area contributed by atoms with Crippen LogP contribution in [0.25, 0.3) is 28.7 Å². The van der Waals surface area contributed by atoms with Crippen LogP contribution in [0.15, 0.2) is 114 Å². The molecule has 0 radical (unpaired) electrons. The van der Waals surface area contributed by atoms with Gasteiger partial charge >= 0.3 is 0 Å². The van der Waals surface area contributed by atoms with Gasteiger partial charge in [0.1, 0.15) is 23.9 Å². The van der Waals surface area contributed by atoms with Gasteiger partial charge in [-0.25, -0.2) is 4.98 Å². The molecule has 39 heavy (non-hydrogen) atoms. The SMILES string of the molecule is CC/C=C/c1ccc(OCc2ccccc2)cc1OCCc1nc(-c2ccc(-c3ccccc3)cc2)oc1C. The molecule has 0 unspecified atom stereocenters. The van der Waals surface area contributed by atoms with Crippen LogP contribution in [0.1, 0.15) is 35.9 Å². The van der Waals surface area contributed by atoms with Gasteiger partial charge in [-0.2, -0.15) is 0 Å². The van der Waals surface area contributed by atoms with Gasteiger partial charge in [0.2, 0.25) is 5.89 Å². The molecule has 0 bridgehead atoms. The number of oxazole rings is 1. The molecule has 0 aliphatic rings. The van der Waals surface area contributed by atoms with Crippen LogP contribution in [-0.4, -0.2) is 11.6 Å². The Bertz CT molecular complexity index is 1500. The van der Waals surface area contributed by atoms with Crippen LogP contribution in [-0.2, 0) is 13.0 Å². The molecule has 4 nitrogen and oxygen atoms in total. The highest BCUT2D eigenvalue weighted by Crippen LogP contribution is 2.29. The Morgan fingerprint density at radius 3 is 2.21 bits per heavy atom. The summed E-state index contributed by atoms with van der Waals surface area (Å²) >= 11 is 0. The van der Waals surface area contributed by atoms with Gasteiger partial charge in [0.15, 0.2) is 0 Å². The van der Waals surface area contributed by atoms with Gasteiger partial charge in [0.25, 0.3) is 0 Å². The summed E-state index contributed by atoms with van der Waals surface area (Å²) in [5.74, 6) is 3.02. The van der Waals surface area contributed by atoms with E-state index in [2.05, 4.69) is 67.6 Å². The molecule has 1 heterocycles. The smallest absolute Gasteiger partial charge is 0.226 e. The maximum absolute atomic E-state index is 6.25. The third-order valence-corrected chi connectivity index (χ3v) is 6.49. The van der Waals surface area contributed by atoms with Crippen LogP contribution in [0.3, 0.4) is 0 Å². The quantitative estimate of drug-likeness (QED) is 0.176. The van der Waals surface area contributed by atoms with Gasteiger partial charge < -0.3 is 13.9 Å². The molecule has 0 saturated heterocycles. The fraction of sp³-hybridized carbons (Fsp3) is 0.171. The van der Waals surface area contributed by atoms with Crippen LogP contribution in [0.4, 0.5) is 0 Å². The minimum atomic E-state index is 0.481. The van der Waals surface area contributed by atoms with Crippen molar-refractivity contribution in [3.05, 3.63) is 132 Å². The lowest BCUT2D eigenvalue weighted by Gasteiger charge is -2.12. The Balaban J connectivity index is 1.24. The molecule has 0 aliphatic carbocycles. The maximum Gasteiger partial charge on any atom is 0.226 e. The summed E-state index contributed by atoms with van der Waals surface area (Å²) in [6.07, 6.45) is 5.82. The topological polar surface area (TPSA) is 44.5 Å². The first-order chi connectivity index (χ1) is 19.2. The molecule has 0 aliphatic heterocycles. The first-order valence-electron chi connectivity index (χ1n) is 13.4. The van der Waals surface area contributed by atoms with Crippen LogP contribution in [0.2, 0.25) is 0 Å². The molecule has 0 spiro atoms. The van der Waals surface area contributed by atoms with Gasteiger partial charge in [0.05, 0.1) is 12.3 Å². The molecule has 1 aromatic heterocycles. The van der Waals surface area contributed by atoms with Crippen LogP contribution in [0.5, 0.6) is 11.5 Å². The predicted molar refractivity (Wildman–Crippen MR) is 158 cm³/mol. The summed E-state index contributed by atoms with van der Waals surface area (Å²) in [5.41, 5.74) is 6.37. The molecule has 0 saturated carbocycles. The average Bonchev–Trinajstić information content (AvgIpc) is 3.36. The van der Waals surface area contributed by atoms with E-state index in [-0.39, 0.29) is 0 Å². The lowest BCUT2D eigenvalue weighted by molar-refractivity contribution is 0.295.